The van der Waals surface area contributed by atoms with Crippen molar-refractivity contribution in [2.75, 3.05) is 6.61 Å². The summed E-state index contributed by atoms with van der Waals surface area (Å²) in [6, 6.07) is 8.40. The van der Waals surface area contributed by atoms with Crippen LogP contribution < -0.4 is 5.73 Å². The number of aliphatic carboxylic acids is 1. The minimum Gasteiger partial charge on any atom is -0.508 e. The van der Waals surface area contributed by atoms with Crippen molar-refractivity contribution in [3.05, 3.63) is 53.6 Å². The molecule has 0 heterocycles. The Morgan fingerprint density at radius 3 is 2.26 bits per heavy atom. The van der Waals surface area contributed by atoms with Crippen molar-refractivity contribution in [2.45, 2.75) is 24.8 Å². The molecule has 144 valence electrons. The van der Waals surface area contributed by atoms with E-state index >= 15 is 0 Å². The Hall–Kier alpha value is -3.26. The Morgan fingerprint density at radius 2 is 1.67 bits per heavy atom. The van der Waals surface area contributed by atoms with Crippen LogP contribution in [0.1, 0.15) is 34.7 Å². The predicted octanol–water partition coefficient (Wildman–Crippen LogP) is 1.94. The zero-order valence-corrected chi connectivity index (χ0v) is 14.4. The molecule has 0 aliphatic heterocycles. The maximum Gasteiger partial charge on any atom is 0.338 e. The fourth-order valence-electron chi connectivity index (χ4n) is 2.65. The summed E-state index contributed by atoms with van der Waals surface area (Å²) in [6.07, 6.45) is 0.637. The van der Waals surface area contributed by atoms with E-state index in [-0.39, 0.29) is 29.4 Å². The van der Waals surface area contributed by atoms with E-state index in [9.17, 15) is 30.0 Å². The smallest absolute Gasteiger partial charge is 0.338 e. The number of benzene rings is 2. The minimum atomic E-state index is -1.22. The van der Waals surface area contributed by atoms with Gasteiger partial charge < -0.3 is 30.9 Å². The van der Waals surface area contributed by atoms with Gasteiger partial charge in [0.1, 0.15) is 11.8 Å². The molecule has 27 heavy (non-hydrogen) atoms. The van der Waals surface area contributed by atoms with Crippen molar-refractivity contribution in [3.8, 4) is 17.2 Å². The highest BCUT2D eigenvalue weighted by molar-refractivity contribution is 5.89. The Balaban J connectivity index is 1.97. The molecule has 0 saturated carbocycles. The van der Waals surface area contributed by atoms with Crippen LogP contribution in [0, 0.1) is 0 Å². The van der Waals surface area contributed by atoms with Gasteiger partial charge in [-0.25, -0.2) is 4.79 Å². The number of esters is 1. The maximum atomic E-state index is 11.9. The van der Waals surface area contributed by atoms with Gasteiger partial charge in [-0.1, -0.05) is 6.07 Å². The number of aromatic hydroxyl groups is 3. The summed E-state index contributed by atoms with van der Waals surface area (Å²) < 4.78 is 5.14. The van der Waals surface area contributed by atoms with Gasteiger partial charge in [-0.3, -0.25) is 4.79 Å². The number of carbonyl (C=O) groups is 2. The van der Waals surface area contributed by atoms with Crippen molar-refractivity contribution in [1.82, 2.24) is 0 Å². The highest BCUT2D eigenvalue weighted by Gasteiger charge is 2.26. The van der Waals surface area contributed by atoms with Crippen LogP contribution in [0.15, 0.2) is 42.5 Å². The first-order valence-corrected chi connectivity index (χ1v) is 8.26. The third kappa shape index (κ3) is 5.35. The SMILES string of the molecule is N[C@H](C(=O)O)C(CCCOC(=O)c1ccc(O)cc1)c1ccc(O)c(O)c1. The van der Waals surface area contributed by atoms with E-state index in [4.69, 9.17) is 10.5 Å². The molecule has 8 heteroatoms. The number of nitrogens with two attached hydrogens (primary N) is 1. The Labute approximate surface area is 155 Å². The number of carboxylic acid groups (broad SMARTS) is 1. The summed E-state index contributed by atoms with van der Waals surface area (Å²) in [5.41, 5.74) is 6.50. The first kappa shape index (κ1) is 20.1. The summed E-state index contributed by atoms with van der Waals surface area (Å²) in [7, 11) is 0. The van der Waals surface area contributed by atoms with E-state index in [1.54, 1.807) is 0 Å². The highest BCUT2D eigenvalue weighted by Crippen LogP contribution is 2.32. The molecule has 0 aliphatic carbocycles. The molecule has 0 fully saturated rings. The lowest BCUT2D eigenvalue weighted by Gasteiger charge is -2.21. The van der Waals surface area contributed by atoms with Gasteiger partial charge in [0.15, 0.2) is 11.5 Å². The number of hydrogen-bond donors (Lipinski definition) is 5. The number of carboxylic acids is 1. The van der Waals surface area contributed by atoms with Crippen molar-refractivity contribution in [2.24, 2.45) is 5.73 Å². The van der Waals surface area contributed by atoms with Crippen LogP contribution in [0.2, 0.25) is 0 Å². The summed E-state index contributed by atoms with van der Waals surface area (Å²) in [5, 5.41) is 37.5. The molecule has 0 bridgehead atoms. The number of hydrogen-bond acceptors (Lipinski definition) is 7. The zero-order valence-electron chi connectivity index (χ0n) is 14.4. The predicted molar refractivity (Wildman–Crippen MR) is 95.7 cm³/mol. The van der Waals surface area contributed by atoms with E-state index < -0.39 is 23.9 Å². The van der Waals surface area contributed by atoms with Gasteiger partial charge in [-0.15, -0.1) is 0 Å². The molecule has 0 aromatic heterocycles. The average molecular weight is 375 g/mol. The monoisotopic (exact) mass is 375 g/mol. The molecule has 0 radical (unpaired) electrons. The second-order valence-corrected chi connectivity index (χ2v) is 6.04. The summed E-state index contributed by atoms with van der Waals surface area (Å²) in [6.45, 7) is 0.0482. The lowest BCUT2D eigenvalue weighted by atomic mass is 9.87. The maximum absolute atomic E-state index is 11.9. The molecular formula is C19H21NO7. The van der Waals surface area contributed by atoms with Crippen LogP contribution >= 0.6 is 0 Å². The Morgan fingerprint density at radius 1 is 1.00 bits per heavy atom. The topological polar surface area (TPSA) is 150 Å². The van der Waals surface area contributed by atoms with Crippen LogP contribution in [0.25, 0.3) is 0 Å². The third-order valence-corrected chi connectivity index (χ3v) is 4.14. The van der Waals surface area contributed by atoms with Gasteiger partial charge in [-0.2, -0.15) is 0 Å². The zero-order chi connectivity index (χ0) is 20.0. The van der Waals surface area contributed by atoms with Crippen LogP contribution in [0.5, 0.6) is 17.2 Å². The molecule has 0 amide bonds. The van der Waals surface area contributed by atoms with Crippen molar-refractivity contribution in [1.29, 1.82) is 0 Å². The van der Waals surface area contributed by atoms with Crippen LogP contribution in [-0.2, 0) is 9.53 Å². The number of ether oxygens (including phenoxy) is 1. The molecule has 0 aliphatic rings. The second kappa shape index (κ2) is 8.91. The van der Waals surface area contributed by atoms with Gasteiger partial charge in [0.2, 0.25) is 0 Å². The minimum absolute atomic E-state index is 0.0363. The molecule has 1 unspecified atom stereocenters. The van der Waals surface area contributed by atoms with E-state index in [1.807, 2.05) is 0 Å². The summed E-state index contributed by atoms with van der Waals surface area (Å²) in [4.78, 5) is 23.2. The van der Waals surface area contributed by atoms with Gasteiger partial charge >= 0.3 is 11.9 Å². The van der Waals surface area contributed by atoms with Gasteiger partial charge in [0.05, 0.1) is 12.2 Å². The molecule has 8 nitrogen and oxygen atoms in total. The first-order chi connectivity index (χ1) is 12.8. The van der Waals surface area contributed by atoms with E-state index in [1.165, 1.54) is 42.5 Å². The fourth-order valence-corrected chi connectivity index (χ4v) is 2.65. The van der Waals surface area contributed by atoms with E-state index in [0.717, 1.165) is 0 Å². The normalized spacial score (nSPS) is 12.9. The molecule has 0 saturated heterocycles. The first-order valence-electron chi connectivity index (χ1n) is 8.26. The van der Waals surface area contributed by atoms with E-state index in [2.05, 4.69) is 0 Å². The van der Waals surface area contributed by atoms with Crippen LogP contribution in [0.4, 0.5) is 0 Å². The summed E-state index contributed by atoms with van der Waals surface area (Å²) in [5.74, 6) is -3.04. The van der Waals surface area contributed by atoms with Crippen LogP contribution in [-0.4, -0.2) is 45.0 Å². The molecule has 2 aromatic rings. The Kier molecular flexibility index (Phi) is 6.62. The standard InChI is InChI=1S/C19H21NO7/c20-17(18(24)25)14(12-5-8-15(22)16(23)10-12)2-1-9-27-19(26)11-3-6-13(21)7-4-11/h3-8,10,14,17,21-23H,1-2,9,20H2,(H,24,25)/t14?,17-/m0/s1. The average Bonchev–Trinajstić information content (AvgIpc) is 2.64. The van der Waals surface area contributed by atoms with Crippen molar-refractivity contribution in [3.63, 3.8) is 0 Å². The van der Waals surface area contributed by atoms with Crippen molar-refractivity contribution < 1.29 is 34.8 Å². The number of phenols is 3. The van der Waals surface area contributed by atoms with E-state index in [0.29, 0.717) is 18.4 Å². The lowest BCUT2D eigenvalue weighted by molar-refractivity contribution is -0.139. The van der Waals surface area contributed by atoms with Gasteiger partial charge in [0, 0.05) is 5.92 Å². The number of carbonyl (C=O) groups excluding carboxylic acids is 1. The molecule has 2 atom stereocenters. The Bertz CT molecular complexity index is 804. The van der Waals surface area contributed by atoms with Crippen LogP contribution in [0.3, 0.4) is 0 Å². The summed E-state index contributed by atoms with van der Waals surface area (Å²) >= 11 is 0. The number of phenolic OH excluding ortho intramolecular Hbond substituents is 3. The molecule has 6 N–H and O–H groups in total. The highest BCUT2D eigenvalue weighted by atomic mass is 16.5. The molecular weight excluding hydrogens is 354 g/mol. The third-order valence-electron chi connectivity index (χ3n) is 4.14. The quantitative estimate of drug-likeness (QED) is 0.267. The number of rotatable bonds is 8. The molecule has 2 aromatic carbocycles. The van der Waals surface area contributed by atoms with Crippen molar-refractivity contribution >= 4 is 11.9 Å². The van der Waals surface area contributed by atoms with Gasteiger partial charge in [-0.05, 0) is 54.8 Å². The molecule has 0 spiro atoms. The largest absolute Gasteiger partial charge is 0.508 e. The fraction of sp³-hybridized carbons (Fsp3) is 0.263. The van der Waals surface area contributed by atoms with Gasteiger partial charge in [0.25, 0.3) is 0 Å². The lowest BCUT2D eigenvalue weighted by Crippen LogP contribution is -2.36. The second-order valence-electron chi connectivity index (χ2n) is 6.04. The molecule has 2 rings (SSSR count).